The van der Waals surface area contributed by atoms with E-state index in [1.807, 2.05) is 12.3 Å². The average molecular weight is 286 g/mol. The lowest BCUT2D eigenvalue weighted by Crippen LogP contribution is -2.27. The summed E-state index contributed by atoms with van der Waals surface area (Å²) in [5.41, 5.74) is 1.01. The summed E-state index contributed by atoms with van der Waals surface area (Å²) in [5, 5.41) is 5.75. The van der Waals surface area contributed by atoms with Crippen LogP contribution in [-0.4, -0.2) is 16.6 Å². The molecule has 0 saturated carbocycles. The van der Waals surface area contributed by atoms with Crippen LogP contribution < -0.4 is 10.1 Å². The molecule has 3 heteroatoms. The first-order valence-electron chi connectivity index (χ1n) is 7.72. The highest BCUT2D eigenvalue weighted by Crippen LogP contribution is 2.29. The number of fused-ring (bicyclic) bond motifs is 1. The number of hydrogen-bond acceptors (Lipinski definition) is 3. The highest BCUT2D eigenvalue weighted by atomic mass is 16.5. The Morgan fingerprint density at radius 1 is 1.19 bits per heavy atom. The SMILES string of the molecule is CCC(C)(C)Oc1ncc(CNC(C)C)c2ccccc12. The summed E-state index contributed by atoms with van der Waals surface area (Å²) in [6, 6.07) is 8.78. The Bertz CT molecular complexity index is 605. The first-order valence-corrected chi connectivity index (χ1v) is 7.72. The smallest absolute Gasteiger partial charge is 0.221 e. The summed E-state index contributed by atoms with van der Waals surface area (Å²) in [5.74, 6) is 0.728. The van der Waals surface area contributed by atoms with Crippen molar-refractivity contribution in [2.75, 3.05) is 0 Å². The van der Waals surface area contributed by atoms with E-state index in [2.05, 4.69) is 63.1 Å². The Hall–Kier alpha value is -1.61. The van der Waals surface area contributed by atoms with Gasteiger partial charge in [0.2, 0.25) is 5.88 Å². The fourth-order valence-corrected chi connectivity index (χ4v) is 2.10. The van der Waals surface area contributed by atoms with Crippen molar-refractivity contribution in [3.05, 3.63) is 36.0 Å². The number of ether oxygens (including phenoxy) is 1. The number of rotatable bonds is 6. The molecule has 0 aliphatic rings. The van der Waals surface area contributed by atoms with Gasteiger partial charge in [-0.2, -0.15) is 0 Å². The molecular formula is C18H26N2O. The van der Waals surface area contributed by atoms with Crippen molar-refractivity contribution in [3.8, 4) is 5.88 Å². The fourth-order valence-electron chi connectivity index (χ4n) is 2.10. The summed E-state index contributed by atoms with van der Waals surface area (Å²) in [6.45, 7) is 11.4. The first-order chi connectivity index (χ1) is 9.93. The van der Waals surface area contributed by atoms with Crippen LogP contribution in [0.3, 0.4) is 0 Å². The van der Waals surface area contributed by atoms with E-state index >= 15 is 0 Å². The minimum atomic E-state index is -0.201. The number of pyridine rings is 1. The molecule has 0 bridgehead atoms. The Kier molecular flexibility index (Phi) is 4.84. The summed E-state index contributed by atoms with van der Waals surface area (Å²) in [4.78, 5) is 4.56. The molecule has 114 valence electrons. The van der Waals surface area contributed by atoms with Gasteiger partial charge < -0.3 is 10.1 Å². The van der Waals surface area contributed by atoms with Gasteiger partial charge in [0, 0.05) is 24.2 Å². The molecule has 0 amide bonds. The van der Waals surface area contributed by atoms with Crippen LogP contribution in [0.25, 0.3) is 10.8 Å². The molecule has 0 unspecified atom stereocenters. The van der Waals surface area contributed by atoms with Crippen molar-refractivity contribution in [3.63, 3.8) is 0 Å². The third kappa shape index (κ3) is 3.94. The van der Waals surface area contributed by atoms with E-state index < -0.39 is 0 Å². The Balaban J connectivity index is 2.40. The van der Waals surface area contributed by atoms with Gasteiger partial charge in [-0.3, -0.25) is 0 Å². The second-order valence-electron chi connectivity index (χ2n) is 6.39. The third-order valence-electron chi connectivity index (χ3n) is 3.77. The maximum absolute atomic E-state index is 6.11. The van der Waals surface area contributed by atoms with E-state index in [1.54, 1.807) is 0 Å². The Labute approximate surface area is 127 Å². The second-order valence-corrected chi connectivity index (χ2v) is 6.39. The molecule has 1 N–H and O–H groups in total. The quantitative estimate of drug-likeness (QED) is 0.859. The molecule has 1 aromatic carbocycles. The van der Waals surface area contributed by atoms with Crippen molar-refractivity contribution >= 4 is 10.8 Å². The molecule has 1 aromatic heterocycles. The average Bonchev–Trinajstić information content (AvgIpc) is 2.46. The van der Waals surface area contributed by atoms with Gasteiger partial charge in [-0.05, 0) is 37.3 Å². The van der Waals surface area contributed by atoms with Crippen LogP contribution in [0.2, 0.25) is 0 Å². The normalized spacial score (nSPS) is 12.1. The molecule has 0 fully saturated rings. The molecule has 0 saturated heterocycles. The van der Waals surface area contributed by atoms with E-state index in [0.717, 1.165) is 24.2 Å². The van der Waals surface area contributed by atoms with Gasteiger partial charge in [0.25, 0.3) is 0 Å². The van der Waals surface area contributed by atoms with Gasteiger partial charge >= 0.3 is 0 Å². The summed E-state index contributed by atoms with van der Waals surface area (Å²) in [6.07, 6.45) is 2.87. The molecule has 2 rings (SSSR count). The molecular weight excluding hydrogens is 260 g/mol. The van der Waals surface area contributed by atoms with E-state index in [4.69, 9.17) is 4.74 Å². The van der Waals surface area contributed by atoms with E-state index in [9.17, 15) is 0 Å². The summed E-state index contributed by atoms with van der Waals surface area (Å²) in [7, 11) is 0. The van der Waals surface area contributed by atoms with Crippen LogP contribution in [0.5, 0.6) is 5.88 Å². The maximum Gasteiger partial charge on any atom is 0.221 e. The highest BCUT2D eigenvalue weighted by molar-refractivity contribution is 5.89. The van der Waals surface area contributed by atoms with Crippen molar-refractivity contribution < 1.29 is 4.74 Å². The Morgan fingerprint density at radius 2 is 1.86 bits per heavy atom. The zero-order chi connectivity index (χ0) is 15.5. The largest absolute Gasteiger partial charge is 0.471 e. The molecule has 0 radical (unpaired) electrons. The molecule has 3 nitrogen and oxygen atoms in total. The van der Waals surface area contributed by atoms with Crippen molar-refractivity contribution in [1.82, 2.24) is 10.3 Å². The second kappa shape index (κ2) is 6.44. The van der Waals surface area contributed by atoms with Crippen LogP contribution in [0.4, 0.5) is 0 Å². The number of nitrogens with zero attached hydrogens (tertiary/aromatic N) is 1. The number of nitrogens with one attached hydrogen (secondary N) is 1. The summed E-state index contributed by atoms with van der Waals surface area (Å²) < 4.78 is 6.11. The van der Waals surface area contributed by atoms with Crippen LogP contribution in [0, 0.1) is 0 Å². The maximum atomic E-state index is 6.11. The monoisotopic (exact) mass is 286 g/mol. The van der Waals surface area contributed by atoms with Gasteiger partial charge in [-0.25, -0.2) is 4.98 Å². The highest BCUT2D eigenvalue weighted by Gasteiger charge is 2.19. The van der Waals surface area contributed by atoms with Crippen LogP contribution in [0.15, 0.2) is 30.5 Å². The molecule has 0 aliphatic carbocycles. The molecule has 1 heterocycles. The third-order valence-corrected chi connectivity index (χ3v) is 3.77. The van der Waals surface area contributed by atoms with Crippen molar-refractivity contribution in [1.29, 1.82) is 0 Å². The van der Waals surface area contributed by atoms with Crippen LogP contribution in [-0.2, 0) is 6.54 Å². The predicted octanol–water partition coefficient (Wildman–Crippen LogP) is 4.30. The minimum Gasteiger partial charge on any atom is -0.471 e. The molecule has 21 heavy (non-hydrogen) atoms. The zero-order valence-corrected chi connectivity index (χ0v) is 13.7. The van der Waals surface area contributed by atoms with Crippen LogP contribution >= 0.6 is 0 Å². The predicted molar refractivity (Wildman–Crippen MR) is 88.7 cm³/mol. The molecule has 2 aromatic rings. The van der Waals surface area contributed by atoms with Gasteiger partial charge in [0.15, 0.2) is 0 Å². The number of aromatic nitrogens is 1. The van der Waals surface area contributed by atoms with E-state index in [1.165, 1.54) is 10.9 Å². The minimum absolute atomic E-state index is 0.201. The topological polar surface area (TPSA) is 34.1 Å². The van der Waals surface area contributed by atoms with E-state index in [0.29, 0.717) is 6.04 Å². The lowest BCUT2D eigenvalue weighted by molar-refractivity contribution is 0.101. The van der Waals surface area contributed by atoms with Gasteiger partial charge in [0.1, 0.15) is 5.60 Å². The van der Waals surface area contributed by atoms with Gasteiger partial charge in [-0.15, -0.1) is 0 Å². The zero-order valence-electron chi connectivity index (χ0n) is 13.7. The van der Waals surface area contributed by atoms with Gasteiger partial charge in [-0.1, -0.05) is 39.0 Å². The van der Waals surface area contributed by atoms with E-state index in [-0.39, 0.29) is 5.60 Å². The number of hydrogen-bond donors (Lipinski definition) is 1. The molecule has 0 atom stereocenters. The number of benzene rings is 1. The van der Waals surface area contributed by atoms with Crippen LogP contribution in [0.1, 0.15) is 46.6 Å². The fraction of sp³-hybridized carbons (Fsp3) is 0.500. The van der Waals surface area contributed by atoms with Gasteiger partial charge in [0.05, 0.1) is 0 Å². The summed E-state index contributed by atoms with van der Waals surface area (Å²) >= 11 is 0. The van der Waals surface area contributed by atoms with Crippen molar-refractivity contribution in [2.24, 2.45) is 0 Å². The molecule has 0 spiro atoms. The van der Waals surface area contributed by atoms with Crippen molar-refractivity contribution in [2.45, 2.75) is 59.2 Å². The lowest BCUT2D eigenvalue weighted by Gasteiger charge is -2.25. The standard InChI is InChI=1S/C18H26N2O/c1-6-18(4,5)21-17-16-10-8-7-9-15(16)14(12-20-17)11-19-13(2)3/h7-10,12-13,19H,6,11H2,1-5H3. The Morgan fingerprint density at radius 3 is 2.48 bits per heavy atom. The molecule has 0 aliphatic heterocycles. The first kappa shape index (κ1) is 15.8. The lowest BCUT2D eigenvalue weighted by atomic mass is 10.1.